The third kappa shape index (κ3) is 6.49. The number of aryl methyl sites for hydroxylation is 1. The molecule has 0 radical (unpaired) electrons. The van der Waals surface area contributed by atoms with Gasteiger partial charge in [-0.1, -0.05) is 35.9 Å². The lowest BCUT2D eigenvalue weighted by molar-refractivity contribution is -0.109. The van der Waals surface area contributed by atoms with Gasteiger partial charge in [0.2, 0.25) is 6.41 Å². The van der Waals surface area contributed by atoms with Crippen molar-refractivity contribution in [2.24, 2.45) is 0 Å². The van der Waals surface area contributed by atoms with Crippen LogP contribution in [0.15, 0.2) is 72.9 Å². The van der Waals surface area contributed by atoms with Gasteiger partial charge in [-0.05, 0) is 71.6 Å². The number of rotatable bonds is 7. The second-order valence-corrected chi connectivity index (χ2v) is 8.15. The predicted molar refractivity (Wildman–Crippen MR) is 137 cm³/mol. The summed E-state index contributed by atoms with van der Waals surface area (Å²) in [6.45, 7) is 2.58. The third-order valence-corrected chi connectivity index (χ3v) is 5.43. The maximum atomic E-state index is 11.2. The number of nitrogens with one attached hydrogen (secondary N) is 1. The van der Waals surface area contributed by atoms with E-state index < -0.39 is 5.97 Å². The van der Waals surface area contributed by atoms with E-state index in [9.17, 15) is 9.90 Å². The van der Waals surface area contributed by atoms with Crippen LogP contribution < -0.4 is 10.1 Å². The molecule has 1 amide bonds. The molecule has 0 aliphatic carbocycles. The summed E-state index contributed by atoms with van der Waals surface area (Å²) in [6.07, 6.45) is 2.39. The number of hydrogen-bond donors (Lipinski definition) is 2. The smallest absolute Gasteiger partial charge is 0.335 e. The van der Waals surface area contributed by atoms with Crippen molar-refractivity contribution in [3.8, 4) is 28.1 Å². The fraction of sp³-hybridized carbons (Fsp3) is 0.148. The van der Waals surface area contributed by atoms with Crippen molar-refractivity contribution in [2.45, 2.75) is 13.5 Å². The van der Waals surface area contributed by atoms with Crippen molar-refractivity contribution in [2.75, 3.05) is 14.2 Å². The Balaban J connectivity index is 0.000000795. The Morgan fingerprint density at radius 1 is 1.09 bits per heavy atom. The molecule has 3 aromatic carbocycles. The van der Waals surface area contributed by atoms with Gasteiger partial charge in [0.1, 0.15) is 5.75 Å². The van der Waals surface area contributed by atoms with Crippen LogP contribution in [0, 0.1) is 6.92 Å². The fourth-order valence-corrected chi connectivity index (χ4v) is 3.98. The first-order valence-electron chi connectivity index (χ1n) is 10.8. The number of carboxylic acid groups (broad SMARTS) is 1. The van der Waals surface area contributed by atoms with Crippen LogP contribution in [0.5, 0.6) is 5.75 Å². The minimum Gasteiger partial charge on any atom is -0.497 e. The van der Waals surface area contributed by atoms with Gasteiger partial charge in [0.25, 0.3) is 0 Å². The van der Waals surface area contributed by atoms with E-state index in [4.69, 9.17) is 21.1 Å². The summed E-state index contributed by atoms with van der Waals surface area (Å²) in [4.78, 5) is 20.3. The molecular formula is C27H26ClN3O4. The SMILES string of the molecule is CNC=O.COc1ccc(-c2ccc(C(=O)O)cc2)c(-c2ccnn2Cc2cc(C)cc(Cl)c2)c1. The molecule has 0 atom stereocenters. The quantitative estimate of drug-likeness (QED) is 0.342. The number of halogens is 1. The number of methoxy groups -OCH3 is 1. The van der Waals surface area contributed by atoms with Crippen molar-refractivity contribution in [3.05, 3.63) is 94.6 Å². The number of carbonyl (C=O) groups excluding carboxylic acids is 1. The normalized spacial score (nSPS) is 10.2. The topological polar surface area (TPSA) is 93.4 Å². The second-order valence-electron chi connectivity index (χ2n) is 7.71. The molecule has 1 aromatic heterocycles. The molecule has 0 unspecified atom stereocenters. The maximum absolute atomic E-state index is 11.2. The monoisotopic (exact) mass is 491 g/mol. The summed E-state index contributed by atoms with van der Waals surface area (Å²) in [5, 5.41) is 16.7. The molecule has 0 bridgehead atoms. The molecule has 7 nitrogen and oxygen atoms in total. The van der Waals surface area contributed by atoms with Gasteiger partial charge in [-0.2, -0.15) is 5.10 Å². The number of carbonyl (C=O) groups is 2. The van der Waals surface area contributed by atoms with E-state index >= 15 is 0 Å². The van der Waals surface area contributed by atoms with Crippen LogP contribution in [0.1, 0.15) is 21.5 Å². The van der Waals surface area contributed by atoms with E-state index in [1.807, 2.05) is 60.1 Å². The van der Waals surface area contributed by atoms with Crippen molar-refractivity contribution in [1.29, 1.82) is 0 Å². The number of ether oxygens (including phenoxy) is 1. The van der Waals surface area contributed by atoms with Crippen LogP contribution in [0.25, 0.3) is 22.4 Å². The first-order chi connectivity index (χ1) is 16.9. The first kappa shape index (κ1) is 25.5. The van der Waals surface area contributed by atoms with Crippen LogP contribution in [0.4, 0.5) is 0 Å². The molecule has 180 valence electrons. The molecular weight excluding hydrogens is 466 g/mol. The molecule has 8 heteroatoms. The molecule has 0 spiro atoms. The highest BCUT2D eigenvalue weighted by Crippen LogP contribution is 2.35. The second kappa shape index (κ2) is 11.9. The predicted octanol–water partition coefficient (Wildman–Crippen LogP) is 5.30. The van der Waals surface area contributed by atoms with Crippen LogP contribution in [-0.2, 0) is 11.3 Å². The summed E-state index contributed by atoms with van der Waals surface area (Å²) in [5.74, 6) is -0.219. The Labute approximate surface area is 208 Å². The Morgan fingerprint density at radius 3 is 2.40 bits per heavy atom. The van der Waals surface area contributed by atoms with Crippen LogP contribution >= 0.6 is 11.6 Å². The zero-order chi connectivity index (χ0) is 25.4. The van der Waals surface area contributed by atoms with E-state index in [0.717, 1.165) is 39.3 Å². The van der Waals surface area contributed by atoms with Gasteiger partial charge in [-0.15, -0.1) is 0 Å². The van der Waals surface area contributed by atoms with Crippen molar-refractivity contribution in [1.82, 2.24) is 15.1 Å². The lowest BCUT2D eigenvalue weighted by atomic mass is 9.96. The number of benzene rings is 3. The summed E-state index contributed by atoms with van der Waals surface area (Å²) >= 11 is 6.24. The summed E-state index contributed by atoms with van der Waals surface area (Å²) in [7, 11) is 3.19. The number of aromatic nitrogens is 2. The largest absolute Gasteiger partial charge is 0.497 e. The Kier molecular flexibility index (Phi) is 8.64. The van der Waals surface area contributed by atoms with Gasteiger partial charge < -0.3 is 15.2 Å². The van der Waals surface area contributed by atoms with Crippen molar-refractivity contribution >= 4 is 24.0 Å². The van der Waals surface area contributed by atoms with Gasteiger partial charge in [0.05, 0.1) is 24.9 Å². The Hall–Kier alpha value is -4.10. The number of aromatic carboxylic acids is 1. The third-order valence-electron chi connectivity index (χ3n) is 5.21. The lowest BCUT2D eigenvalue weighted by Crippen LogP contribution is -2.05. The molecule has 4 rings (SSSR count). The maximum Gasteiger partial charge on any atom is 0.335 e. The summed E-state index contributed by atoms with van der Waals surface area (Å²) in [5.41, 5.74) is 6.14. The van der Waals surface area contributed by atoms with Crippen LogP contribution in [0.2, 0.25) is 5.02 Å². The molecule has 0 fully saturated rings. The highest BCUT2D eigenvalue weighted by molar-refractivity contribution is 6.30. The highest BCUT2D eigenvalue weighted by Gasteiger charge is 2.15. The van der Waals surface area contributed by atoms with E-state index in [-0.39, 0.29) is 5.56 Å². The van der Waals surface area contributed by atoms with E-state index in [1.165, 1.54) is 0 Å². The molecule has 0 saturated heterocycles. The molecule has 2 N–H and O–H groups in total. The first-order valence-corrected chi connectivity index (χ1v) is 11.1. The van der Waals surface area contributed by atoms with Gasteiger partial charge >= 0.3 is 5.97 Å². The van der Waals surface area contributed by atoms with E-state index in [0.29, 0.717) is 18.0 Å². The zero-order valence-electron chi connectivity index (χ0n) is 19.7. The minimum atomic E-state index is -0.948. The number of nitrogens with zero attached hydrogens (tertiary/aromatic N) is 2. The lowest BCUT2D eigenvalue weighted by Gasteiger charge is -2.15. The Bertz CT molecular complexity index is 1300. The molecule has 35 heavy (non-hydrogen) atoms. The van der Waals surface area contributed by atoms with Gasteiger partial charge in [-0.25, -0.2) is 4.79 Å². The van der Waals surface area contributed by atoms with Crippen molar-refractivity contribution in [3.63, 3.8) is 0 Å². The van der Waals surface area contributed by atoms with Crippen molar-refractivity contribution < 1.29 is 19.4 Å². The molecule has 0 saturated carbocycles. The van der Waals surface area contributed by atoms with E-state index in [1.54, 1.807) is 32.5 Å². The summed E-state index contributed by atoms with van der Waals surface area (Å²) < 4.78 is 7.38. The number of amides is 1. The van der Waals surface area contributed by atoms with Crippen LogP contribution in [0.3, 0.4) is 0 Å². The molecule has 4 aromatic rings. The summed E-state index contributed by atoms with van der Waals surface area (Å²) in [6, 6.07) is 20.6. The zero-order valence-corrected chi connectivity index (χ0v) is 20.4. The van der Waals surface area contributed by atoms with Crippen LogP contribution in [-0.4, -0.2) is 41.4 Å². The average Bonchev–Trinajstić information content (AvgIpc) is 3.31. The van der Waals surface area contributed by atoms with Gasteiger partial charge in [0, 0.05) is 23.8 Å². The highest BCUT2D eigenvalue weighted by atomic mass is 35.5. The molecule has 0 aliphatic rings. The average molecular weight is 492 g/mol. The Morgan fingerprint density at radius 2 is 1.80 bits per heavy atom. The number of carboxylic acids is 1. The standard InChI is InChI=1S/C25H21ClN2O3.C2H5NO/c1-16-11-17(13-20(26)12-16)15-28-24(9-10-27-28)23-14-21(31-2)7-8-22(23)18-3-5-19(6-4-18)25(29)30;1-3-2-4/h3-14H,15H2,1-2H3,(H,29,30);2H,1H3,(H,3,4). The molecule has 1 heterocycles. The van der Waals surface area contributed by atoms with Gasteiger partial charge in [0.15, 0.2) is 0 Å². The van der Waals surface area contributed by atoms with E-state index in [2.05, 4.69) is 16.5 Å². The van der Waals surface area contributed by atoms with Gasteiger partial charge in [-0.3, -0.25) is 9.48 Å². The minimum absolute atomic E-state index is 0.250. The fourth-order valence-electron chi connectivity index (χ4n) is 3.67. The molecule has 0 aliphatic heterocycles. The number of hydrogen-bond acceptors (Lipinski definition) is 4.